The molecule has 1 aromatic heterocycles. The molecule has 4 aliphatic rings. The molecule has 0 aliphatic heterocycles. The van der Waals surface area contributed by atoms with Gasteiger partial charge in [-0.1, -0.05) is 20.8 Å². The lowest BCUT2D eigenvalue weighted by Gasteiger charge is -2.62. The highest BCUT2D eigenvalue weighted by atomic mass is 19.2. The Hall–Kier alpha value is -1.67. The van der Waals surface area contributed by atoms with Crippen LogP contribution in [0.15, 0.2) is 0 Å². The van der Waals surface area contributed by atoms with Gasteiger partial charge in [0.25, 0.3) is 0 Å². The van der Waals surface area contributed by atoms with Gasteiger partial charge in [0.05, 0.1) is 12.2 Å². The van der Waals surface area contributed by atoms with Gasteiger partial charge in [0, 0.05) is 6.42 Å². The second-order valence-electron chi connectivity index (χ2n) is 13.6. The standard InChI is InChI=1S/C30H40F4N2O2/c1-14(4-7-21-35-27-25(33)23(31)24(32)26(34)28(27)36-21)17-5-6-18-22-19(9-11-30(17,18)3)29(2)10-8-16(37)12-15(29)13-20(22)38/h14-20,22,37-38H,4-13H2,1-3H3,(H,35,36)/t14?,15-,16+,17+,18-,19-,20+,22-,29-,30+/m0/s1. The predicted octanol–water partition coefficient (Wildman–Crippen LogP) is 6.68. The fourth-order valence-corrected chi connectivity index (χ4v) is 10.0. The highest BCUT2D eigenvalue weighted by Crippen LogP contribution is 2.68. The van der Waals surface area contributed by atoms with E-state index in [9.17, 15) is 27.8 Å². The minimum Gasteiger partial charge on any atom is -0.393 e. The summed E-state index contributed by atoms with van der Waals surface area (Å²) in [5.74, 6) is -3.79. The number of rotatable bonds is 4. The molecule has 0 bridgehead atoms. The molecule has 210 valence electrons. The maximum absolute atomic E-state index is 14.2. The van der Waals surface area contributed by atoms with Gasteiger partial charge >= 0.3 is 0 Å². The second-order valence-corrected chi connectivity index (χ2v) is 13.6. The van der Waals surface area contributed by atoms with Gasteiger partial charge in [0.15, 0.2) is 23.3 Å². The highest BCUT2D eigenvalue weighted by molar-refractivity contribution is 5.76. The Bertz CT molecular complexity index is 1190. The topological polar surface area (TPSA) is 69.1 Å². The average Bonchev–Trinajstić information content (AvgIpc) is 3.47. The molecule has 1 heterocycles. The highest BCUT2D eigenvalue weighted by Gasteiger charge is 2.62. The summed E-state index contributed by atoms with van der Waals surface area (Å²) < 4.78 is 55.6. The number of aromatic amines is 1. The van der Waals surface area contributed by atoms with E-state index in [1.807, 2.05) is 0 Å². The molecule has 3 N–H and O–H groups in total. The molecule has 1 aromatic carbocycles. The van der Waals surface area contributed by atoms with Crippen molar-refractivity contribution in [2.75, 3.05) is 0 Å². The molecule has 4 saturated carbocycles. The van der Waals surface area contributed by atoms with Gasteiger partial charge in [-0.2, -0.15) is 0 Å². The van der Waals surface area contributed by atoms with Crippen LogP contribution in [0.4, 0.5) is 17.6 Å². The van der Waals surface area contributed by atoms with Crippen LogP contribution < -0.4 is 0 Å². The van der Waals surface area contributed by atoms with Crippen LogP contribution in [0, 0.1) is 69.6 Å². The van der Waals surface area contributed by atoms with Crippen LogP contribution in [0.3, 0.4) is 0 Å². The Kier molecular flexibility index (Phi) is 6.42. The summed E-state index contributed by atoms with van der Waals surface area (Å²) in [6.45, 7) is 7.05. The molecule has 4 nitrogen and oxygen atoms in total. The zero-order valence-electron chi connectivity index (χ0n) is 22.5. The Morgan fingerprint density at radius 2 is 1.58 bits per heavy atom. The number of benzene rings is 1. The Balaban J connectivity index is 1.18. The fraction of sp³-hybridized carbons (Fsp3) is 0.767. The van der Waals surface area contributed by atoms with Gasteiger partial charge in [-0.15, -0.1) is 0 Å². The van der Waals surface area contributed by atoms with Crippen molar-refractivity contribution < 1.29 is 27.8 Å². The summed E-state index contributed by atoms with van der Waals surface area (Å²) in [7, 11) is 0. The van der Waals surface area contributed by atoms with E-state index in [1.165, 1.54) is 0 Å². The molecule has 10 atom stereocenters. The van der Waals surface area contributed by atoms with E-state index in [-0.39, 0.29) is 23.0 Å². The van der Waals surface area contributed by atoms with Crippen molar-refractivity contribution in [3.05, 3.63) is 29.1 Å². The van der Waals surface area contributed by atoms with E-state index in [0.717, 1.165) is 57.8 Å². The minimum absolute atomic E-state index is 0.122. The summed E-state index contributed by atoms with van der Waals surface area (Å²) >= 11 is 0. The van der Waals surface area contributed by atoms with Gasteiger partial charge in [-0.05, 0) is 104 Å². The molecule has 1 unspecified atom stereocenters. The van der Waals surface area contributed by atoms with Crippen LogP contribution in [-0.4, -0.2) is 32.4 Å². The van der Waals surface area contributed by atoms with Crippen molar-refractivity contribution in [3.63, 3.8) is 0 Å². The first-order chi connectivity index (χ1) is 18.0. The van der Waals surface area contributed by atoms with Crippen molar-refractivity contribution in [3.8, 4) is 0 Å². The van der Waals surface area contributed by atoms with Crippen molar-refractivity contribution in [2.24, 2.45) is 46.3 Å². The number of aromatic nitrogens is 2. The van der Waals surface area contributed by atoms with Crippen molar-refractivity contribution >= 4 is 11.0 Å². The number of fused-ring (bicyclic) bond motifs is 6. The van der Waals surface area contributed by atoms with Crippen LogP contribution in [0.25, 0.3) is 11.0 Å². The summed E-state index contributed by atoms with van der Waals surface area (Å²) in [6.07, 6.45) is 8.58. The number of hydrogen-bond donors (Lipinski definition) is 3. The lowest BCUT2D eigenvalue weighted by atomic mass is 9.43. The van der Waals surface area contributed by atoms with E-state index in [4.69, 9.17) is 0 Å². The lowest BCUT2D eigenvalue weighted by molar-refractivity contribution is -0.174. The van der Waals surface area contributed by atoms with E-state index in [1.54, 1.807) is 0 Å². The van der Waals surface area contributed by atoms with Gasteiger partial charge in [0.2, 0.25) is 0 Å². The molecule has 8 heteroatoms. The molecular weight excluding hydrogens is 496 g/mol. The lowest BCUT2D eigenvalue weighted by Crippen LogP contribution is -2.58. The van der Waals surface area contributed by atoms with Crippen molar-refractivity contribution in [2.45, 2.75) is 97.2 Å². The molecule has 38 heavy (non-hydrogen) atoms. The summed E-state index contributed by atoms with van der Waals surface area (Å²) in [6, 6.07) is 0. The number of aryl methyl sites for hydroxylation is 1. The van der Waals surface area contributed by atoms with E-state index in [0.29, 0.717) is 47.8 Å². The largest absolute Gasteiger partial charge is 0.393 e. The number of H-pyrrole nitrogens is 1. The van der Waals surface area contributed by atoms with Crippen molar-refractivity contribution in [1.82, 2.24) is 9.97 Å². The zero-order chi connectivity index (χ0) is 27.1. The third kappa shape index (κ3) is 3.79. The van der Waals surface area contributed by atoms with Crippen LogP contribution in [0.5, 0.6) is 0 Å². The first-order valence-corrected chi connectivity index (χ1v) is 14.5. The number of hydrogen-bond acceptors (Lipinski definition) is 3. The van der Waals surface area contributed by atoms with Gasteiger partial charge in [-0.25, -0.2) is 22.5 Å². The number of imidazole rings is 1. The van der Waals surface area contributed by atoms with Gasteiger partial charge in [-0.3, -0.25) is 0 Å². The minimum atomic E-state index is -1.84. The first kappa shape index (κ1) is 26.5. The molecule has 0 amide bonds. The van der Waals surface area contributed by atoms with E-state index in [2.05, 4.69) is 30.7 Å². The second kappa shape index (κ2) is 9.18. The maximum Gasteiger partial charge on any atom is 0.199 e. The Morgan fingerprint density at radius 1 is 0.895 bits per heavy atom. The number of nitrogens with one attached hydrogen (secondary N) is 1. The Labute approximate surface area is 221 Å². The molecule has 4 aliphatic carbocycles. The maximum atomic E-state index is 14.2. The zero-order valence-corrected chi connectivity index (χ0v) is 22.5. The SMILES string of the molecule is CC(CCc1nc2c(F)c(F)c(F)c(F)c2[nH]1)[C@H]1CC[C@H]2[C@@H]3[C@H](O)C[C@@H]4C[C@H](O)CC[C@]4(C)[C@H]3CC[C@]12C. The Morgan fingerprint density at radius 3 is 2.34 bits per heavy atom. The molecule has 0 spiro atoms. The molecule has 0 radical (unpaired) electrons. The van der Waals surface area contributed by atoms with Crippen LogP contribution in [-0.2, 0) is 6.42 Å². The number of halogens is 4. The number of aliphatic hydroxyl groups is 2. The monoisotopic (exact) mass is 536 g/mol. The van der Waals surface area contributed by atoms with Crippen LogP contribution in [0.1, 0.15) is 84.4 Å². The first-order valence-electron chi connectivity index (χ1n) is 14.5. The quantitative estimate of drug-likeness (QED) is 0.232. The van der Waals surface area contributed by atoms with E-state index < -0.39 is 34.3 Å². The molecule has 2 aromatic rings. The van der Waals surface area contributed by atoms with Gasteiger partial charge in [0.1, 0.15) is 16.9 Å². The van der Waals surface area contributed by atoms with Crippen molar-refractivity contribution in [1.29, 1.82) is 0 Å². The summed E-state index contributed by atoms with van der Waals surface area (Å²) in [4.78, 5) is 6.74. The van der Waals surface area contributed by atoms with Crippen LogP contribution >= 0.6 is 0 Å². The molecule has 4 fully saturated rings. The molecule has 6 rings (SSSR count). The predicted molar refractivity (Wildman–Crippen MR) is 136 cm³/mol. The van der Waals surface area contributed by atoms with Crippen LogP contribution in [0.2, 0.25) is 0 Å². The van der Waals surface area contributed by atoms with E-state index >= 15 is 0 Å². The molecule has 0 saturated heterocycles. The molecular formula is C30H40F4N2O2. The van der Waals surface area contributed by atoms with Gasteiger partial charge < -0.3 is 15.2 Å². The smallest absolute Gasteiger partial charge is 0.199 e. The normalized spacial score (nSPS) is 41.6. The summed E-state index contributed by atoms with van der Waals surface area (Å²) in [5.41, 5.74) is -0.608. The third-order valence-corrected chi connectivity index (χ3v) is 12.0. The number of nitrogens with zero attached hydrogens (tertiary/aromatic N) is 1. The average molecular weight is 537 g/mol. The third-order valence-electron chi connectivity index (χ3n) is 12.0. The summed E-state index contributed by atoms with van der Waals surface area (Å²) in [5, 5.41) is 21.7. The fourth-order valence-electron chi connectivity index (χ4n) is 10.0. The number of aliphatic hydroxyl groups excluding tert-OH is 2.